The molecule has 0 aromatic heterocycles. The van der Waals surface area contributed by atoms with Crippen LogP contribution in [0, 0.1) is 0 Å². The van der Waals surface area contributed by atoms with Gasteiger partial charge in [0.25, 0.3) is 0 Å². The summed E-state index contributed by atoms with van der Waals surface area (Å²) in [5, 5.41) is 0. The molecule has 0 heterocycles. The van der Waals surface area contributed by atoms with E-state index >= 15 is 0 Å². The molecule has 0 saturated carbocycles. The summed E-state index contributed by atoms with van der Waals surface area (Å²) >= 11 is 0. The zero-order valence-electron chi connectivity index (χ0n) is 8.45. The first kappa shape index (κ1) is 10.1. The third kappa shape index (κ3) is 3.07. The summed E-state index contributed by atoms with van der Waals surface area (Å²) in [6.07, 6.45) is 0.211. The van der Waals surface area contributed by atoms with Gasteiger partial charge in [-0.15, -0.1) is 0 Å². The summed E-state index contributed by atoms with van der Waals surface area (Å²) < 4.78 is 5.55. The second-order valence-electron chi connectivity index (χ2n) is 3.53. The first-order valence-electron chi connectivity index (χ1n) is 4.62. The van der Waals surface area contributed by atoms with Crippen LogP contribution >= 0.6 is 0 Å². The quantitative estimate of drug-likeness (QED) is 0.773. The van der Waals surface area contributed by atoms with Gasteiger partial charge < -0.3 is 10.5 Å². The van der Waals surface area contributed by atoms with Gasteiger partial charge in [-0.2, -0.15) is 0 Å². The van der Waals surface area contributed by atoms with Crippen molar-refractivity contribution < 1.29 is 4.74 Å². The van der Waals surface area contributed by atoms with Crippen molar-refractivity contribution in [1.82, 2.24) is 0 Å². The summed E-state index contributed by atoms with van der Waals surface area (Å²) in [6.45, 7) is 5.99. The Hall–Kier alpha value is -1.02. The molecule has 0 amide bonds. The van der Waals surface area contributed by atoms with Gasteiger partial charge in [-0.05, 0) is 38.5 Å². The van der Waals surface area contributed by atoms with Gasteiger partial charge >= 0.3 is 0 Å². The zero-order valence-corrected chi connectivity index (χ0v) is 8.45. The van der Waals surface area contributed by atoms with Crippen molar-refractivity contribution in [2.45, 2.75) is 32.9 Å². The third-order valence-corrected chi connectivity index (χ3v) is 1.76. The molecular formula is C11H17NO. The fourth-order valence-corrected chi connectivity index (χ4v) is 1.14. The lowest BCUT2D eigenvalue weighted by Crippen LogP contribution is -2.08. The molecule has 0 radical (unpaired) electrons. The van der Waals surface area contributed by atoms with Crippen LogP contribution in [0.25, 0.3) is 0 Å². The van der Waals surface area contributed by atoms with Gasteiger partial charge in [-0.1, -0.05) is 12.1 Å². The van der Waals surface area contributed by atoms with Gasteiger partial charge in [-0.3, -0.25) is 0 Å². The van der Waals surface area contributed by atoms with E-state index in [-0.39, 0.29) is 12.1 Å². The van der Waals surface area contributed by atoms with Gasteiger partial charge in [0, 0.05) is 6.04 Å². The number of nitrogens with two attached hydrogens (primary N) is 1. The van der Waals surface area contributed by atoms with Crippen LogP contribution in [0.2, 0.25) is 0 Å². The predicted octanol–water partition coefficient (Wildman–Crippen LogP) is 2.49. The second-order valence-corrected chi connectivity index (χ2v) is 3.53. The fourth-order valence-electron chi connectivity index (χ4n) is 1.14. The van der Waals surface area contributed by atoms with Gasteiger partial charge in [0.05, 0.1) is 6.10 Å². The van der Waals surface area contributed by atoms with E-state index in [0.717, 1.165) is 11.3 Å². The summed E-state index contributed by atoms with van der Waals surface area (Å²) in [6, 6.07) is 7.99. The minimum atomic E-state index is 0.0655. The van der Waals surface area contributed by atoms with Crippen LogP contribution in [-0.4, -0.2) is 6.10 Å². The van der Waals surface area contributed by atoms with Crippen molar-refractivity contribution in [2.75, 3.05) is 0 Å². The molecule has 2 N–H and O–H groups in total. The van der Waals surface area contributed by atoms with E-state index in [2.05, 4.69) is 0 Å². The average Bonchev–Trinajstić information content (AvgIpc) is 2.03. The van der Waals surface area contributed by atoms with E-state index in [9.17, 15) is 0 Å². The van der Waals surface area contributed by atoms with E-state index < -0.39 is 0 Å². The Morgan fingerprint density at radius 2 is 1.92 bits per heavy atom. The Morgan fingerprint density at radius 1 is 1.23 bits per heavy atom. The highest BCUT2D eigenvalue weighted by atomic mass is 16.5. The SMILES string of the molecule is CC(C)Oc1cccc(C(C)N)c1. The van der Waals surface area contributed by atoms with Crippen molar-refractivity contribution in [2.24, 2.45) is 5.73 Å². The summed E-state index contributed by atoms with van der Waals surface area (Å²) in [7, 11) is 0. The molecule has 0 spiro atoms. The standard InChI is InChI=1S/C11H17NO/c1-8(2)13-11-6-4-5-10(7-11)9(3)12/h4-9H,12H2,1-3H3. The number of ether oxygens (including phenoxy) is 1. The van der Waals surface area contributed by atoms with Crippen LogP contribution in [0.15, 0.2) is 24.3 Å². The Bertz CT molecular complexity index is 269. The molecule has 1 rings (SSSR count). The number of hydrogen-bond acceptors (Lipinski definition) is 2. The lowest BCUT2D eigenvalue weighted by atomic mass is 10.1. The van der Waals surface area contributed by atoms with E-state index in [1.165, 1.54) is 0 Å². The van der Waals surface area contributed by atoms with Crippen molar-refractivity contribution in [1.29, 1.82) is 0 Å². The number of rotatable bonds is 3. The van der Waals surface area contributed by atoms with Crippen molar-refractivity contribution in [3.8, 4) is 5.75 Å². The van der Waals surface area contributed by atoms with E-state index in [1.807, 2.05) is 45.0 Å². The zero-order chi connectivity index (χ0) is 9.84. The van der Waals surface area contributed by atoms with Gasteiger partial charge in [0.2, 0.25) is 0 Å². The summed E-state index contributed by atoms with van der Waals surface area (Å²) in [5.41, 5.74) is 6.87. The van der Waals surface area contributed by atoms with Crippen molar-refractivity contribution >= 4 is 0 Å². The average molecular weight is 179 g/mol. The van der Waals surface area contributed by atoms with E-state index in [0.29, 0.717) is 0 Å². The summed E-state index contributed by atoms with van der Waals surface area (Å²) in [5.74, 6) is 0.893. The molecular weight excluding hydrogens is 162 g/mol. The van der Waals surface area contributed by atoms with Crippen LogP contribution in [0.4, 0.5) is 0 Å². The van der Waals surface area contributed by atoms with Crippen molar-refractivity contribution in [3.05, 3.63) is 29.8 Å². The molecule has 0 aliphatic carbocycles. The largest absolute Gasteiger partial charge is 0.491 e. The van der Waals surface area contributed by atoms with Crippen LogP contribution in [0.3, 0.4) is 0 Å². The molecule has 1 aromatic rings. The Balaban J connectivity index is 2.79. The van der Waals surface area contributed by atoms with Crippen LogP contribution in [-0.2, 0) is 0 Å². The molecule has 0 bridgehead atoms. The fraction of sp³-hybridized carbons (Fsp3) is 0.455. The van der Waals surface area contributed by atoms with Crippen LogP contribution in [0.1, 0.15) is 32.4 Å². The first-order valence-corrected chi connectivity index (χ1v) is 4.62. The molecule has 13 heavy (non-hydrogen) atoms. The lowest BCUT2D eigenvalue weighted by molar-refractivity contribution is 0.242. The molecule has 1 unspecified atom stereocenters. The minimum Gasteiger partial charge on any atom is -0.491 e. The highest BCUT2D eigenvalue weighted by molar-refractivity contribution is 5.30. The Morgan fingerprint density at radius 3 is 2.46 bits per heavy atom. The molecule has 2 nitrogen and oxygen atoms in total. The highest BCUT2D eigenvalue weighted by Gasteiger charge is 2.01. The maximum Gasteiger partial charge on any atom is 0.120 e. The molecule has 0 fully saturated rings. The Kier molecular flexibility index (Phi) is 3.32. The molecule has 1 atom stereocenters. The van der Waals surface area contributed by atoms with E-state index in [4.69, 9.17) is 10.5 Å². The Labute approximate surface area is 79.7 Å². The van der Waals surface area contributed by atoms with Crippen molar-refractivity contribution in [3.63, 3.8) is 0 Å². The molecule has 72 valence electrons. The van der Waals surface area contributed by atoms with Gasteiger partial charge in [0.1, 0.15) is 5.75 Å². The lowest BCUT2D eigenvalue weighted by Gasteiger charge is -2.12. The molecule has 2 heteroatoms. The third-order valence-electron chi connectivity index (χ3n) is 1.76. The molecule has 0 aliphatic rings. The highest BCUT2D eigenvalue weighted by Crippen LogP contribution is 2.18. The van der Waals surface area contributed by atoms with Gasteiger partial charge in [-0.25, -0.2) is 0 Å². The van der Waals surface area contributed by atoms with E-state index in [1.54, 1.807) is 0 Å². The summed E-state index contributed by atoms with van der Waals surface area (Å²) in [4.78, 5) is 0. The topological polar surface area (TPSA) is 35.2 Å². The maximum atomic E-state index is 5.76. The predicted molar refractivity (Wildman–Crippen MR) is 54.8 cm³/mol. The number of hydrogen-bond donors (Lipinski definition) is 1. The molecule has 0 saturated heterocycles. The number of benzene rings is 1. The maximum absolute atomic E-state index is 5.76. The smallest absolute Gasteiger partial charge is 0.120 e. The second kappa shape index (κ2) is 4.28. The monoisotopic (exact) mass is 179 g/mol. The van der Waals surface area contributed by atoms with Crippen LogP contribution < -0.4 is 10.5 Å². The first-order chi connectivity index (χ1) is 6.09. The van der Waals surface area contributed by atoms with Gasteiger partial charge in [0.15, 0.2) is 0 Å². The molecule has 1 aromatic carbocycles. The normalized spacial score (nSPS) is 13.0. The van der Waals surface area contributed by atoms with Crippen LogP contribution in [0.5, 0.6) is 5.75 Å². The minimum absolute atomic E-state index is 0.0655. The molecule has 0 aliphatic heterocycles.